The molecule has 5 rings (SSSR count). The van der Waals surface area contributed by atoms with Gasteiger partial charge in [0.25, 0.3) is 6.43 Å². The minimum Gasteiger partial charge on any atom is -0.389 e. The molecule has 2 fully saturated rings. The molecule has 182 valence electrons. The molecule has 4 heterocycles. The third-order valence-corrected chi connectivity index (χ3v) is 6.76. The Balaban J connectivity index is 1.33. The molecule has 0 saturated carbocycles. The average molecular weight is 494 g/mol. The number of aliphatic hydroxyl groups is 1. The Kier molecular flexibility index (Phi) is 6.52. The van der Waals surface area contributed by atoms with Gasteiger partial charge in [-0.3, -0.25) is 9.58 Å². The first-order valence-electron chi connectivity index (χ1n) is 11.2. The summed E-state index contributed by atoms with van der Waals surface area (Å²) < 4.78 is 32.1. The van der Waals surface area contributed by atoms with Crippen LogP contribution in [0.15, 0.2) is 24.5 Å². The second kappa shape index (κ2) is 9.57. The van der Waals surface area contributed by atoms with Crippen LogP contribution in [0.2, 0.25) is 5.02 Å². The Morgan fingerprint density at radius 3 is 2.71 bits per heavy atom. The Labute approximate surface area is 200 Å². The zero-order valence-corrected chi connectivity index (χ0v) is 19.4. The van der Waals surface area contributed by atoms with Crippen LogP contribution in [0.3, 0.4) is 0 Å². The Morgan fingerprint density at radius 2 is 2.00 bits per heavy atom. The minimum absolute atomic E-state index is 0.0455. The van der Waals surface area contributed by atoms with Crippen LogP contribution in [-0.2, 0) is 11.3 Å². The first kappa shape index (κ1) is 23.2. The van der Waals surface area contributed by atoms with Crippen molar-refractivity contribution in [2.24, 2.45) is 0 Å². The van der Waals surface area contributed by atoms with Gasteiger partial charge in [0, 0.05) is 37.8 Å². The highest BCUT2D eigenvalue weighted by atomic mass is 35.5. The summed E-state index contributed by atoms with van der Waals surface area (Å²) in [6.07, 6.45) is 0.248. The molecule has 9 nitrogen and oxygen atoms in total. The lowest BCUT2D eigenvalue weighted by Crippen LogP contribution is -2.53. The van der Waals surface area contributed by atoms with E-state index in [0.717, 1.165) is 42.8 Å². The van der Waals surface area contributed by atoms with Crippen LogP contribution in [0.25, 0.3) is 10.9 Å². The van der Waals surface area contributed by atoms with Crippen LogP contribution in [-0.4, -0.2) is 87.7 Å². The van der Waals surface area contributed by atoms with Crippen molar-refractivity contribution in [2.45, 2.75) is 32.0 Å². The van der Waals surface area contributed by atoms with Crippen molar-refractivity contribution < 1.29 is 18.6 Å². The molecule has 0 aliphatic carbocycles. The third kappa shape index (κ3) is 4.65. The average Bonchev–Trinajstić information content (AvgIpc) is 3.39. The maximum Gasteiger partial charge on any atom is 0.257 e. The lowest BCUT2D eigenvalue weighted by Gasteiger charge is -2.39. The van der Waals surface area contributed by atoms with Gasteiger partial charge in [0.1, 0.15) is 6.54 Å². The highest BCUT2D eigenvalue weighted by molar-refractivity contribution is 6.34. The molecule has 0 bridgehead atoms. The molecule has 2 N–H and O–H groups in total. The molecule has 0 radical (unpaired) electrons. The van der Waals surface area contributed by atoms with E-state index in [1.54, 1.807) is 13.1 Å². The van der Waals surface area contributed by atoms with Gasteiger partial charge in [-0.15, -0.1) is 0 Å². The number of anilines is 3. The summed E-state index contributed by atoms with van der Waals surface area (Å²) in [7, 11) is 0. The zero-order chi connectivity index (χ0) is 23.8. The number of fused-ring (bicyclic) bond motifs is 1. The Hall–Kier alpha value is -2.60. The van der Waals surface area contributed by atoms with E-state index in [0.29, 0.717) is 35.6 Å². The van der Waals surface area contributed by atoms with Gasteiger partial charge >= 0.3 is 0 Å². The zero-order valence-electron chi connectivity index (χ0n) is 18.7. The maximum absolute atomic E-state index is 12.7. The molecule has 2 saturated heterocycles. The largest absolute Gasteiger partial charge is 0.389 e. The first-order chi connectivity index (χ1) is 16.4. The van der Waals surface area contributed by atoms with Crippen LogP contribution < -0.4 is 10.2 Å². The van der Waals surface area contributed by atoms with Gasteiger partial charge in [0.15, 0.2) is 0 Å². The van der Waals surface area contributed by atoms with Crippen molar-refractivity contribution in [2.75, 3.05) is 49.6 Å². The van der Waals surface area contributed by atoms with Gasteiger partial charge in [-0.25, -0.2) is 18.7 Å². The van der Waals surface area contributed by atoms with Gasteiger partial charge in [0.05, 0.1) is 59.2 Å². The molecule has 3 aromatic rings. The summed E-state index contributed by atoms with van der Waals surface area (Å²) in [6.45, 7) is 5.35. The van der Waals surface area contributed by atoms with Crippen LogP contribution in [0, 0.1) is 6.92 Å². The van der Waals surface area contributed by atoms with E-state index in [4.69, 9.17) is 16.3 Å². The smallest absolute Gasteiger partial charge is 0.257 e. The number of benzene rings is 1. The first-order valence-corrected chi connectivity index (χ1v) is 11.6. The second-order valence-corrected chi connectivity index (χ2v) is 9.00. The molecule has 0 unspecified atom stereocenters. The molecular weight excluding hydrogens is 468 g/mol. The number of hydrogen-bond acceptors (Lipinski definition) is 8. The quantitative estimate of drug-likeness (QED) is 0.541. The van der Waals surface area contributed by atoms with E-state index in [1.807, 2.05) is 12.1 Å². The van der Waals surface area contributed by atoms with Crippen LogP contribution in [0.4, 0.5) is 26.1 Å². The monoisotopic (exact) mass is 493 g/mol. The van der Waals surface area contributed by atoms with Crippen molar-refractivity contribution in [3.63, 3.8) is 0 Å². The highest BCUT2D eigenvalue weighted by Gasteiger charge is 2.33. The summed E-state index contributed by atoms with van der Waals surface area (Å²) >= 11 is 6.60. The van der Waals surface area contributed by atoms with Crippen molar-refractivity contribution in [1.29, 1.82) is 0 Å². The van der Waals surface area contributed by atoms with E-state index in [2.05, 4.69) is 30.2 Å². The number of nitrogens with one attached hydrogen (secondary N) is 1. The lowest BCUT2D eigenvalue weighted by atomic mass is 10.1. The number of piperazine rings is 1. The predicted molar refractivity (Wildman–Crippen MR) is 125 cm³/mol. The predicted octanol–water partition coefficient (Wildman–Crippen LogP) is 2.68. The van der Waals surface area contributed by atoms with Gasteiger partial charge in [-0.05, 0) is 19.1 Å². The third-order valence-electron chi connectivity index (χ3n) is 6.45. The standard InChI is InChI=1S/C22H26ClF2N7O2/c1-13-17(9-27-32(13)10-21(24)25)29-22-26-8-14-6-15(23)18(7-16(14)28-22)30-2-4-31(5-3-30)19-11-34-12-20(19)33/h6-9,19-21,33H,2-5,10-12H2,1H3,(H,26,28,29)/t19-,20+/m0/s1. The number of alkyl halides is 2. The topological polar surface area (TPSA) is 91.6 Å². The summed E-state index contributed by atoms with van der Waals surface area (Å²) in [5, 5.41) is 18.6. The van der Waals surface area contributed by atoms with Crippen LogP contribution in [0.1, 0.15) is 5.69 Å². The van der Waals surface area contributed by atoms with E-state index in [-0.39, 0.29) is 6.04 Å². The number of ether oxygens (including phenoxy) is 1. The molecule has 34 heavy (non-hydrogen) atoms. The van der Waals surface area contributed by atoms with E-state index < -0.39 is 19.1 Å². The molecule has 2 atom stereocenters. The molecule has 2 aliphatic heterocycles. The summed E-state index contributed by atoms with van der Waals surface area (Å²) in [5.74, 6) is 0.348. The van der Waals surface area contributed by atoms with Crippen molar-refractivity contribution >= 4 is 39.8 Å². The summed E-state index contributed by atoms with van der Waals surface area (Å²) in [4.78, 5) is 13.4. The van der Waals surface area contributed by atoms with Gasteiger partial charge < -0.3 is 20.1 Å². The molecule has 1 aromatic carbocycles. The van der Waals surface area contributed by atoms with Crippen LogP contribution in [0.5, 0.6) is 0 Å². The highest BCUT2D eigenvalue weighted by Crippen LogP contribution is 2.32. The fraction of sp³-hybridized carbons (Fsp3) is 0.500. The van der Waals surface area contributed by atoms with Gasteiger partial charge in [-0.2, -0.15) is 5.10 Å². The fourth-order valence-corrected chi connectivity index (χ4v) is 4.81. The molecule has 0 amide bonds. The van der Waals surface area contributed by atoms with E-state index >= 15 is 0 Å². The van der Waals surface area contributed by atoms with Gasteiger partial charge in [0.2, 0.25) is 5.95 Å². The van der Waals surface area contributed by atoms with E-state index in [9.17, 15) is 13.9 Å². The lowest BCUT2D eigenvalue weighted by molar-refractivity contribution is 0.0785. The maximum atomic E-state index is 12.7. The van der Waals surface area contributed by atoms with Crippen molar-refractivity contribution in [1.82, 2.24) is 24.6 Å². The van der Waals surface area contributed by atoms with Crippen LogP contribution >= 0.6 is 11.6 Å². The Bertz CT molecular complexity index is 1170. The normalized spacial score (nSPS) is 21.6. The molecule has 2 aromatic heterocycles. The number of aromatic nitrogens is 4. The number of hydrogen-bond donors (Lipinski definition) is 2. The molecule has 12 heteroatoms. The van der Waals surface area contributed by atoms with Crippen molar-refractivity contribution in [3.8, 4) is 0 Å². The number of aliphatic hydroxyl groups excluding tert-OH is 1. The second-order valence-electron chi connectivity index (χ2n) is 8.59. The van der Waals surface area contributed by atoms with Gasteiger partial charge in [-0.1, -0.05) is 11.6 Å². The number of halogens is 3. The summed E-state index contributed by atoms with van der Waals surface area (Å²) in [5.41, 5.74) is 2.76. The fourth-order valence-electron chi connectivity index (χ4n) is 4.52. The summed E-state index contributed by atoms with van der Waals surface area (Å²) in [6, 6.07) is 3.84. The number of nitrogens with zero attached hydrogens (tertiary/aromatic N) is 6. The molecular formula is C22H26ClF2N7O2. The SMILES string of the molecule is Cc1c(Nc2ncc3cc(Cl)c(N4CCN([C@H]5COC[C@H]5O)CC4)cc3n2)cnn1CC(F)F. The minimum atomic E-state index is -2.48. The van der Waals surface area contributed by atoms with E-state index in [1.165, 1.54) is 10.9 Å². The molecule has 0 spiro atoms. The molecule has 2 aliphatic rings. The van der Waals surface area contributed by atoms with Crippen molar-refractivity contribution in [3.05, 3.63) is 35.2 Å². The number of rotatable bonds is 6. The Morgan fingerprint density at radius 1 is 1.21 bits per heavy atom.